The van der Waals surface area contributed by atoms with Crippen LogP contribution in [0.2, 0.25) is 0 Å². The second kappa shape index (κ2) is 5.82. The fourth-order valence-electron chi connectivity index (χ4n) is 2.29. The Morgan fingerprint density at radius 2 is 1.71 bits per heavy atom. The summed E-state index contributed by atoms with van der Waals surface area (Å²) in [6, 6.07) is 7.38. The number of sulfone groups is 1. The summed E-state index contributed by atoms with van der Waals surface area (Å²) in [6.07, 6.45) is 0.924. The van der Waals surface area contributed by atoms with E-state index in [-0.39, 0.29) is 13.1 Å². The van der Waals surface area contributed by atoms with Crippen molar-refractivity contribution >= 4 is 31.2 Å². The quantitative estimate of drug-likeness (QED) is 0.761. The average molecular weight is 333 g/mol. The third-order valence-corrected chi connectivity index (χ3v) is 7.29. The lowest BCUT2D eigenvalue weighted by Crippen LogP contribution is -2.49. The second-order valence-corrected chi connectivity index (χ2v) is 9.61. The first kappa shape index (κ1) is 16.1. The van der Waals surface area contributed by atoms with E-state index < -0.39 is 24.9 Å². The number of nitrogens with zero attached hydrogens (tertiary/aromatic N) is 2. The first-order chi connectivity index (χ1) is 9.67. The van der Waals surface area contributed by atoms with Crippen molar-refractivity contribution in [2.24, 2.45) is 0 Å². The monoisotopic (exact) mass is 333 g/mol. The number of piperazine rings is 1. The van der Waals surface area contributed by atoms with Crippen molar-refractivity contribution in [3.63, 3.8) is 0 Å². The number of rotatable bonds is 4. The normalized spacial score (nSPS) is 17.9. The van der Waals surface area contributed by atoms with Gasteiger partial charge < -0.3 is 10.6 Å². The molecule has 1 aromatic rings. The van der Waals surface area contributed by atoms with Gasteiger partial charge in [-0.1, -0.05) is 6.07 Å². The molecule has 1 aromatic carbocycles. The Bertz CT molecular complexity index is 708. The standard InChI is InChI=1S/C12H19N3O4S2/c1-20(16,17)10-21(18,19)15-7-5-14(6-8-15)12-4-2-3-11(13)9-12/h2-4,9H,5-8,10,13H2,1H3. The predicted octanol–water partition coefficient (Wildman–Crippen LogP) is -0.277. The third kappa shape index (κ3) is 4.32. The minimum absolute atomic E-state index is 0.270. The summed E-state index contributed by atoms with van der Waals surface area (Å²) in [5.74, 6) is 0. The van der Waals surface area contributed by atoms with Crippen LogP contribution >= 0.6 is 0 Å². The van der Waals surface area contributed by atoms with Gasteiger partial charge in [0.1, 0.15) is 0 Å². The molecule has 1 aliphatic rings. The Morgan fingerprint density at radius 3 is 2.24 bits per heavy atom. The molecule has 0 saturated carbocycles. The summed E-state index contributed by atoms with van der Waals surface area (Å²) in [6.45, 7) is 1.55. The van der Waals surface area contributed by atoms with Gasteiger partial charge in [-0.15, -0.1) is 0 Å². The van der Waals surface area contributed by atoms with Crippen LogP contribution in [0, 0.1) is 0 Å². The molecule has 0 aromatic heterocycles. The topological polar surface area (TPSA) is 101 Å². The number of hydrogen-bond acceptors (Lipinski definition) is 6. The number of hydrogen-bond donors (Lipinski definition) is 1. The van der Waals surface area contributed by atoms with Crippen molar-refractivity contribution in [3.05, 3.63) is 24.3 Å². The molecule has 0 radical (unpaired) electrons. The van der Waals surface area contributed by atoms with E-state index in [9.17, 15) is 16.8 Å². The van der Waals surface area contributed by atoms with Crippen LogP contribution in [0.5, 0.6) is 0 Å². The van der Waals surface area contributed by atoms with Gasteiger partial charge in [0.25, 0.3) is 0 Å². The molecule has 118 valence electrons. The molecule has 7 nitrogen and oxygen atoms in total. The number of sulfonamides is 1. The summed E-state index contributed by atoms with van der Waals surface area (Å²) in [5.41, 5.74) is 7.32. The Hall–Kier alpha value is -1.32. The van der Waals surface area contributed by atoms with Crippen LogP contribution in [0.3, 0.4) is 0 Å². The van der Waals surface area contributed by atoms with Crippen LogP contribution in [-0.4, -0.2) is 58.7 Å². The summed E-state index contributed by atoms with van der Waals surface area (Å²) >= 11 is 0. The summed E-state index contributed by atoms with van der Waals surface area (Å²) in [7, 11) is -7.32. The van der Waals surface area contributed by atoms with E-state index in [2.05, 4.69) is 0 Å². The molecule has 0 atom stereocenters. The van der Waals surface area contributed by atoms with Gasteiger partial charge in [0.2, 0.25) is 10.0 Å². The molecule has 1 saturated heterocycles. The average Bonchev–Trinajstić information content (AvgIpc) is 2.36. The summed E-state index contributed by atoms with van der Waals surface area (Å²) in [5, 5.41) is -0.835. The maximum Gasteiger partial charge on any atom is 0.228 e. The zero-order valence-corrected chi connectivity index (χ0v) is 13.4. The third-order valence-electron chi connectivity index (χ3n) is 3.23. The molecule has 1 aliphatic heterocycles. The van der Waals surface area contributed by atoms with E-state index in [0.717, 1.165) is 11.9 Å². The van der Waals surface area contributed by atoms with Gasteiger partial charge >= 0.3 is 0 Å². The molecule has 9 heteroatoms. The lowest BCUT2D eigenvalue weighted by Gasteiger charge is -2.35. The largest absolute Gasteiger partial charge is 0.399 e. The second-order valence-electron chi connectivity index (χ2n) is 5.14. The minimum Gasteiger partial charge on any atom is -0.399 e. The van der Waals surface area contributed by atoms with E-state index >= 15 is 0 Å². The van der Waals surface area contributed by atoms with Crippen molar-refractivity contribution in [1.29, 1.82) is 0 Å². The maximum atomic E-state index is 12.0. The lowest BCUT2D eigenvalue weighted by molar-refractivity contribution is 0.387. The van der Waals surface area contributed by atoms with E-state index in [1.165, 1.54) is 4.31 Å². The van der Waals surface area contributed by atoms with E-state index in [4.69, 9.17) is 5.73 Å². The number of nitrogens with two attached hydrogens (primary N) is 1. The number of nitrogen functional groups attached to an aromatic ring is 1. The van der Waals surface area contributed by atoms with Crippen LogP contribution in [0.1, 0.15) is 0 Å². The Morgan fingerprint density at radius 1 is 1.10 bits per heavy atom. The van der Waals surface area contributed by atoms with Crippen LogP contribution in [0.25, 0.3) is 0 Å². The lowest BCUT2D eigenvalue weighted by atomic mass is 10.2. The minimum atomic E-state index is -3.76. The van der Waals surface area contributed by atoms with Gasteiger partial charge in [-0.25, -0.2) is 16.8 Å². The van der Waals surface area contributed by atoms with Crippen molar-refractivity contribution in [2.45, 2.75) is 0 Å². The molecule has 0 spiro atoms. The highest BCUT2D eigenvalue weighted by Crippen LogP contribution is 2.20. The Balaban J connectivity index is 2.03. The van der Waals surface area contributed by atoms with Crippen molar-refractivity contribution in [1.82, 2.24) is 4.31 Å². The predicted molar refractivity (Wildman–Crippen MR) is 83.3 cm³/mol. The molecule has 1 heterocycles. The zero-order chi connectivity index (χ0) is 15.7. The van der Waals surface area contributed by atoms with Crippen LogP contribution in [0.15, 0.2) is 24.3 Å². The Labute approximate surface area is 125 Å². The SMILES string of the molecule is CS(=O)(=O)CS(=O)(=O)N1CCN(c2cccc(N)c2)CC1. The van der Waals surface area contributed by atoms with Crippen LogP contribution in [-0.2, 0) is 19.9 Å². The first-order valence-corrected chi connectivity index (χ1v) is 10.1. The molecule has 1 fully saturated rings. The first-order valence-electron chi connectivity index (χ1n) is 6.43. The molecule has 21 heavy (non-hydrogen) atoms. The summed E-state index contributed by atoms with van der Waals surface area (Å²) < 4.78 is 47.6. The molecule has 0 bridgehead atoms. The Kier molecular flexibility index (Phi) is 4.45. The fourth-order valence-corrected chi connectivity index (χ4v) is 5.77. The van der Waals surface area contributed by atoms with Gasteiger partial charge in [-0.05, 0) is 18.2 Å². The number of anilines is 2. The van der Waals surface area contributed by atoms with Gasteiger partial charge in [0.05, 0.1) is 0 Å². The molecule has 0 unspecified atom stereocenters. The highest BCUT2D eigenvalue weighted by atomic mass is 32.3. The smallest absolute Gasteiger partial charge is 0.228 e. The van der Waals surface area contributed by atoms with Crippen molar-refractivity contribution < 1.29 is 16.8 Å². The van der Waals surface area contributed by atoms with Crippen molar-refractivity contribution in [3.8, 4) is 0 Å². The van der Waals surface area contributed by atoms with E-state index in [0.29, 0.717) is 18.8 Å². The van der Waals surface area contributed by atoms with E-state index in [1.54, 1.807) is 6.07 Å². The maximum absolute atomic E-state index is 12.0. The molecule has 2 N–H and O–H groups in total. The van der Waals surface area contributed by atoms with Crippen LogP contribution in [0.4, 0.5) is 11.4 Å². The highest BCUT2D eigenvalue weighted by molar-refractivity contribution is 8.06. The number of benzene rings is 1. The van der Waals surface area contributed by atoms with Gasteiger partial charge in [-0.3, -0.25) is 0 Å². The van der Waals surface area contributed by atoms with Gasteiger partial charge in [-0.2, -0.15) is 4.31 Å². The van der Waals surface area contributed by atoms with Gasteiger partial charge in [0.15, 0.2) is 14.9 Å². The fraction of sp³-hybridized carbons (Fsp3) is 0.500. The molecule has 2 rings (SSSR count). The molecule has 0 aliphatic carbocycles. The zero-order valence-electron chi connectivity index (χ0n) is 11.8. The van der Waals surface area contributed by atoms with Gasteiger partial charge in [0, 0.05) is 43.8 Å². The summed E-state index contributed by atoms with van der Waals surface area (Å²) in [4.78, 5) is 2.03. The van der Waals surface area contributed by atoms with Crippen LogP contribution < -0.4 is 10.6 Å². The molecular weight excluding hydrogens is 314 g/mol. The van der Waals surface area contributed by atoms with Crippen molar-refractivity contribution in [2.75, 3.05) is 48.2 Å². The highest BCUT2D eigenvalue weighted by Gasteiger charge is 2.29. The van der Waals surface area contributed by atoms with E-state index in [1.807, 2.05) is 23.1 Å². The molecular formula is C12H19N3O4S2. The molecule has 0 amide bonds.